The SMILES string of the molecule is CCNS(=O)(=O)c1ncc(Nc2ncc3cccc(OC4CCC(N)CC4)c3n2)s1. The molecule has 1 aliphatic carbocycles. The number of thiazole rings is 1. The summed E-state index contributed by atoms with van der Waals surface area (Å²) >= 11 is 1.02. The highest BCUT2D eigenvalue weighted by Crippen LogP contribution is 2.30. The highest BCUT2D eigenvalue weighted by molar-refractivity contribution is 7.91. The van der Waals surface area contributed by atoms with Gasteiger partial charge < -0.3 is 15.8 Å². The number of ether oxygens (including phenoxy) is 1. The molecule has 2 heterocycles. The molecule has 1 aromatic carbocycles. The number of sulfonamides is 1. The number of aromatic nitrogens is 3. The fourth-order valence-corrected chi connectivity index (χ4v) is 5.49. The summed E-state index contributed by atoms with van der Waals surface area (Å²) < 4.78 is 32.8. The molecular formula is C19H24N6O3S2. The third kappa shape index (κ3) is 4.69. The van der Waals surface area contributed by atoms with E-state index in [2.05, 4.69) is 25.0 Å². The summed E-state index contributed by atoms with van der Waals surface area (Å²) in [7, 11) is -3.60. The Labute approximate surface area is 179 Å². The Hall–Kier alpha value is -2.34. The van der Waals surface area contributed by atoms with Crippen LogP contribution < -0.4 is 20.5 Å². The first kappa shape index (κ1) is 20.9. The van der Waals surface area contributed by atoms with E-state index >= 15 is 0 Å². The quantitative estimate of drug-likeness (QED) is 0.503. The van der Waals surface area contributed by atoms with E-state index in [1.165, 1.54) is 6.20 Å². The van der Waals surface area contributed by atoms with Gasteiger partial charge in [-0.3, -0.25) is 0 Å². The van der Waals surface area contributed by atoms with E-state index in [0.29, 0.717) is 28.8 Å². The predicted molar refractivity (Wildman–Crippen MR) is 117 cm³/mol. The Balaban J connectivity index is 1.55. The predicted octanol–water partition coefficient (Wildman–Crippen LogP) is 2.78. The average molecular weight is 449 g/mol. The first-order valence-electron chi connectivity index (χ1n) is 9.85. The van der Waals surface area contributed by atoms with Crippen LogP contribution in [0.25, 0.3) is 10.9 Å². The summed E-state index contributed by atoms with van der Waals surface area (Å²) in [6, 6.07) is 6.01. The zero-order valence-corrected chi connectivity index (χ0v) is 18.2. The van der Waals surface area contributed by atoms with Crippen LogP contribution in [0.5, 0.6) is 5.75 Å². The third-order valence-corrected chi connectivity index (χ3v) is 7.72. The van der Waals surface area contributed by atoms with Crippen molar-refractivity contribution in [3.8, 4) is 5.75 Å². The van der Waals surface area contributed by atoms with Gasteiger partial charge in [-0.2, -0.15) is 0 Å². The molecule has 30 heavy (non-hydrogen) atoms. The van der Waals surface area contributed by atoms with Gasteiger partial charge in [0.15, 0.2) is 0 Å². The monoisotopic (exact) mass is 448 g/mol. The molecule has 2 aromatic heterocycles. The second-order valence-corrected chi connectivity index (χ2v) is 10.1. The number of nitrogens with one attached hydrogen (secondary N) is 2. The molecule has 1 aliphatic rings. The smallest absolute Gasteiger partial charge is 0.267 e. The lowest BCUT2D eigenvalue weighted by atomic mass is 9.94. The van der Waals surface area contributed by atoms with Crippen molar-refractivity contribution in [1.29, 1.82) is 0 Å². The second kappa shape index (κ2) is 8.80. The number of para-hydroxylation sites is 1. The topological polar surface area (TPSA) is 132 Å². The number of rotatable bonds is 7. The lowest BCUT2D eigenvalue weighted by Crippen LogP contribution is -2.31. The van der Waals surface area contributed by atoms with Gasteiger partial charge in [-0.15, -0.1) is 0 Å². The van der Waals surface area contributed by atoms with Crippen molar-refractivity contribution >= 4 is 43.2 Å². The molecule has 0 spiro atoms. The van der Waals surface area contributed by atoms with E-state index in [-0.39, 0.29) is 16.5 Å². The van der Waals surface area contributed by atoms with E-state index in [0.717, 1.165) is 42.4 Å². The Kier molecular flexibility index (Phi) is 6.14. The number of hydrogen-bond acceptors (Lipinski definition) is 9. The van der Waals surface area contributed by atoms with Crippen molar-refractivity contribution in [3.63, 3.8) is 0 Å². The van der Waals surface area contributed by atoms with E-state index in [1.54, 1.807) is 13.1 Å². The van der Waals surface area contributed by atoms with Crippen LogP contribution in [0.2, 0.25) is 0 Å². The number of nitrogens with zero attached hydrogens (tertiary/aromatic N) is 3. The molecule has 11 heteroatoms. The second-order valence-electron chi connectivity index (χ2n) is 7.16. The van der Waals surface area contributed by atoms with Gasteiger partial charge in [0.2, 0.25) is 10.3 Å². The third-order valence-electron chi connectivity index (χ3n) is 4.87. The van der Waals surface area contributed by atoms with Crippen LogP contribution >= 0.6 is 11.3 Å². The van der Waals surface area contributed by atoms with Crippen molar-refractivity contribution in [1.82, 2.24) is 19.7 Å². The van der Waals surface area contributed by atoms with E-state index in [9.17, 15) is 8.42 Å². The maximum atomic E-state index is 12.1. The zero-order chi connectivity index (χ0) is 21.1. The van der Waals surface area contributed by atoms with Crippen LogP contribution in [0.4, 0.5) is 10.9 Å². The molecule has 0 bridgehead atoms. The number of anilines is 2. The maximum Gasteiger partial charge on any atom is 0.267 e. The molecule has 0 unspecified atom stereocenters. The minimum atomic E-state index is -3.60. The highest BCUT2D eigenvalue weighted by Gasteiger charge is 2.21. The van der Waals surface area contributed by atoms with Crippen LogP contribution in [0.1, 0.15) is 32.6 Å². The van der Waals surface area contributed by atoms with Crippen LogP contribution in [-0.2, 0) is 10.0 Å². The first-order chi connectivity index (χ1) is 14.4. The lowest BCUT2D eigenvalue weighted by molar-refractivity contribution is 0.149. The molecule has 3 aromatic rings. The molecule has 160 valence electrons. The van der Waals surface area contributed by atoms with Gasteiger partial charge in [0.25, 0.3) is 10.0 Å². The van der Waals surface area contributed by atoms with Crippen molar-refractivity contribution in [2.45, 2.75) is 49.1 Å². The normalized spacial score (nSPS) is 19.7. The van der Waals surface area contributed by atoms with Gasteiger partial charge in [0, 0.05) is 24.2 Å². The number of hydrogen-bond donors (Lipinski definition) is 3. The molecule has 0 atom stereocenters. The first-order valence-corrected chi connectivity index (χ1v) is 12.1. The lowest BCUT2D eigenvalue weighted by Gasteiger charge is -2.27. The Morgan fingerprint density at radius 3 is 2.77 bits per heavy atom. The summed E-state index contributed by atoms with van der Waals surface area (Å²) in [6.45, 7) is 2.02. The zero-order valence-electron chi connectivity index (χ0n) is 16.5. The Bertz CT molecular complexity index is 1130. The molecule has 1 fully saturated rings. The molecule has 0 aliphatic heterocycles. The van der Waals surface area contributed by atoms with Gasteiger partial charge in [0.05, 0.1) is 12.3 Å². The molecule has 0 radical (unpaired) electrons. The largest absolute Gasteiger partial charge is 0.488 e. The summed E-state index contributed by atoms with van der Waals surface area (Å²) in [6.07, 6.45) is 7.07. The minimum Gasteiger partial charge on any atom is -0.488 e. The number of fused-ring (bicyclic) bond motifs is 1. The van der Waals surface area contributed by atoms with E-state index in [4.69, 9.17) is 10.5 Å². The minimum absolute atomic E-state index is 0.00725. The standard InChI is InChI=1S/C19H24N6O3S2/c1-2-23-30(26,27)19-22-11-16(29-19)24-18-21-10-12-4-3-5-15(17(12)25-18)28-14-8-6-13(20)7-9-14/h3-5,10-11,13-14,23H,2,6-9,20H2,1H3,(H,21,24,25). The highest BCUT2D eigenvalue weighted by atomic mass is 32.2. The molecule has 4 rings (SSSR count). The summed E-state index contributed by atoms with van der Waals surface area (Å²) in [5.41, 5.74) is 6.69. The van der Waals surface area contributed by atoms with Crippen LogP contribution in [0.3, 0.4) is 0 Å². The fourth-order valence-electron chi connectivity index (χ4n) is 3.37. The Morgan fingerprint density at radius 2 is 2.00 bits per heavy atom. The van der Waals surface area contributed by atoms with Crippen LogP contribution in [0, 0.1) is 0 Å². The molecule has 0 saturated heterocycles. The van der Waals surface area contributed by atoms with Crippen LogP contribution in [-0.4, -0.2) is 42.1 Å². The van der Waals surface area contributed by atoms with Crippen molar-refractivity contribution in [2.75, 3.05) is 11.9 Å². The van der Waals surface area contributed by atoms with Crippen molar-refractivity contribution in [3.05, 3.63) is 30.6 Å². The van der Waals surface area contributed by atoms with Gasteiger partial charge in [-0.25, -0.2) is 28.1 Å². The molecule has 1 saturated carbocycles. The number of nitrogens with two attached hydrogens (primary N) is 1. The fraction of sp³-hybridized carbons (Fsp3) is 0.421. The van der Waals surface area contributed by atoms with Gasteiger partial charge >= 0.3 is 0 Å². The molecule has 4 N–H and O–H groups in total. The Morgan fingerprint density at radius 1 is 1.20 bits per heavy atom. The van der Waals surface area contributed by atoms with E-state index < -0.39 is 10.0 Å². The summed E-state index contributed by atoms with van der Waals surface area (Å²) in [5, 5.41) is 4.44. The molecule has 0 amide bonds. The van der Waals surface area contributed by atoms with E-state index in [1.807, 2.05) is 18.2 Å². The van der Waals surface area contributed by atoms with Gasteiger partial charge in [0.1, 0.15) is 16.3 Å². The number of benzene rings is 1. The van der Waals surface area contributed by atoms with Gasteiger partial charge in [-0.05, 0) is 31.7 Å². The molecule has 9 nitrogen and oxygen atoms in total. The van der Waals surface area contributed by atoms with Crippen molar-refractivity contribution < 1.29 is 13.2 Å². The van der Waals surface area contributed by atoms with Gasteiger partial charge in [-0.1, -0.05) is 30.4 Å². The maximum absolute atomic E-state index is 12.1. The molecular weight excluding hydrogens is 424 g/mol. The summed E-state index contributed by atoms with van der Waals surface area (Å²) in [5.74, 6) is 1.05. The van der Waals surface area contributed by atoms with Crippen LogP contribution in [0.15, 0.2) is 34.9 Å². The average Bonchev–Trinajstić information content (AvgIpc) is 3.20. The summed E-state index contributed by atoms with van der Waals surface area (Å²) in [4.78, 5) is 12.9. The van der Waals surface area contributed by atoms with Crippen molar-refractivity contribution in [2.24, 2.45) is 5.73 Å².